The largest absolute Gasteiger partial charge is 0.456 e. The number of hydrogen-bond donors (Lipinski definition) is 0. The van der Waals surface area contributed by atoms with Crippen LogP contribution in [-0.2, 0) is 0 Å². The van der Waals surface area contributed by atoms with Gasteiger partial charge in [-0.15, -0.1) is 0 Å². The topological polar surface area (TPSA) is 30.2 Å². The van der Waals surface area contributed by atoms with Crippen LogP contribution in [0.15, 0.2) is 45.6 Å². The lowest BCUT2D eigenvalue weighted by Crippen LogP contribution is -2.01. The van der Waals surface area contributed by atoms with Crippen molar-refractivity contribution in [2.75, 3.05) is 0 Å². The van der Waals surface area contributed by atoms with Gasteiger partial charge in [0, 0.05) is 22.2 Å². The van der Waals surface area contributed by atoms with Gasteiger partial charge < -0.3 is 4.42 Å². The monoisotopic (exact) mass is 264 g/mol. The normalized spacial score (nSPS) is 11.2. The van der Waals surface area contributed by atoms with Gasteiger partial charge in [-0.05, 0) is 24.3 Å². The molecular formula is C13H6Cl2O2. The van der Waals surface area contributed by atoms with Gasteiger partial charge in [0.25, 0.3) is 0 Å². The number of rotatable bonds is 0. The fourth-order valence-corrected chi connectivity index (χ4v) is 2.12. The van der Waals surface area contributed by atoms with Crippen molar-refractivity contribution in [3.63, 3.8) is 0 Å². The van der Waals surface area contributed by atoms with E-state index in [1.165, 1.54) is 0 Å². The maximum Gasteiger partial charge on any atom is 0.200 e. The summed E-state index contributed by atoms with van der Waals surface area (Å²) in [7, 11) is 0. The number of halogens is 2. The third kappa shape index (κ3) is 1.70. The van der Waals surface area contributed by atoms with E-state index in [0.29, 0.717) is 32.0 Å². The van der Waals surface area contributed by atoms with Crippen LogP contribution in [0.5, 0.6) is 0 Å². The summed E-state index contributed by atoms with van der Waals surface area (Å²) in [5.74, 6) is 0. The summed E-state index contributed by atoms with van der Waals surface area (Å²) < 4.78 is 5.62. The lowest BCUT2D eigenvalue weighted by atomic mass is 10.1. The van der Waals surface area contributed by atoms with Crippen molar-refractivity contribution in [3.05, 3.63) is 56.7 Å². The second kappa shape index (κ2) is 3.76. The molecule has 0 N–H and O–H groups in total. The fourth-order valence-electron chi connectivity index (χ4n) is 1.80. The van der Waals surface area contributed by atoms with Crippen LogP contribution in [0.25, 0.3) is 21.9 Å². The van der Waals surface area contributed by atoms with Crippen molar-refractivity contribution in [1.29, 1.82) is 0 Å². The Hall–Kier alpha value is -1.51. The predicted octanol–water partition coefficient (Wildman–Crippen LogP) is 4.25. The van der Waals surface area contributed by atoms with Crippen LogP contribution in [0, 0.1) is 0 Å². The van der Waals surface area contributed by atoms with E-state index in [-0.39, 0.29) is 5.43 Å². The number of benzene rings is 2. The molecule has 1 aromatic heterocycles. The summed E-state index contributed by atoms with van der Waals surface area (Å²) in [5, 5.41) is 2.09. The first kappa shape index (κ1) is 10.6. The third-order valence-corrected chi connectivity index (χ3v) is 3.07. The minimum Gasteiger partial charge on any atom is -0.456 e. The van der Waals surface area contributed by atoms with Crippen LogP contribution < -0.4 is 5.43 Å². The molecule has 3 rings (SSSR count). The van der Waals surface area contributed by atoms with Gasteiger partial charge in [0.1, 0.15) is 11.2 Å². The van der Waals surface area contributed by atoms with Gasteiger partial charge in [-0.3, -0.25) is 4.79 Å². The van der Waals surface area contributed by atoms with E-state index in [1.807, 2.05) is 0 Å². The first-order valence-electron chi connectivity index (χ1n) is 4.97. The third-order valence-electron chi connectivity index (χ3n) is 2.60. The molecule has 0 atom stereocenters. The molecule has 0 saturated carbocycles. The average molecular weight is 265 g/mol. The molecule has 0 fully saturated rings. The summed E-state index contributed by atoms with van der Waals surface area (Å²) >= 11 is 11.7. The van der Waals surface area contributed by atoms with Gasteiger partial charge in [-0.2, -0.15) is 0 Å². The minimum absolute atomic E-state index is 0.0745. The maximum atomic E-state index is 12.2. The second-order valence-corrected chi connectivity index (χ2v) is 4.59. The first-order valence-corrected chi connectivity index (χ1v) is 5.72. The van der Waals surface area contributed by atoms with E-state index in [1.54, 1.807) is 36.4 Å². The molecule has 0 aliphatic heterocycles. The Balaban J connectivity index is 2.57. The zero-order valence-electron chi connectivity index (χ0n) is 8.54. The SMILES string of the molecule is O=c1c2ccc(Cl)cc2oc2cc(Cl)ccc12. The second-order valence-electron chi connectivity index (χ2n) is 3.71. The van der Waals surface area contributed by atoms with Gasteiger partial charge >= 0.3 is 0 Å². The molecule has 0 spiro atoms. The highest BCUT2D eigenvalue weighted by atomic mass is 35.5. The van der Waals surface area contributed by atoms with Gasteiger partial charge in [-0.1, -0.05) is 23.2 Å². The Morgan fingerprint density at radius 3 is 1.76 bits per heavy atom. The van der Waals surface area contributed by atoms with Gasteiger partial charge in [0.05, 0.1) is 10.8 Å². The molecule has 0 aliphatic rings. The van der Waals surface area contributed by atoms with E-state index in [0.717, 1.165) is 0 Å². The highest BCUT2D eigenvalue weighted by molar-refractivity contribution is 6.31. The van der Waals surface area contributed by atoms with Crippen molar-refractivity contribution >= 4 is 45.1 Å². The maximum absolute atomic E-state index is 12.2. The van der Waals surface area contributed by atoms with Crippen LogP contribution in [0.3, 0.4) is 0 Å². The highest BCUT2D eigenvalue weighted by Crippen LogP contribution is 2.23. The van der Waals surface area contributed by atoms with Crippen molar-refractivity contribution in [3.8, 4) is 0 Å². The molecule has 4 heteroatoms. The quantitative estimate of drug-likeness (QED) is 0.568. The van der Waals surface area contributed by atoms with E-state index < -0.39 is 0 Å². The average Bonchev–Trinajstić information content (AvgIpc) is 2.28. The number of hydrogen-bond acceptors (Lipinski definition) is 2. The lowest BCUT2D eigenvalue weighted by molar-refractivity contribution is 0.660. The van der Waals surface area contributed by atoms with Crippen LogP contribution in [0.4, 0.5) is 0 Å². The zero-order chi connectivity index (χ0) is 12.0. The number of fused-ring (bicyclic) bond motifs is 2. The predicted molar refractivity (Wildman–Crippen MR) is 70.0 cm³/mol. The Morgan fingerprint density at radius 1 is 0.824 bits per heavy atom. The van der Waals surface area contributed by atoms with Crippen molar-refractivity contribution in [2.45, 2.75) is 0 Å². The molecule has 2 aromatic carbocycles. The van der Waals surface area contributed by atoms with E-state index in [2.05, 4.69) is 0 Å². The standard InChI is InChI=1S/C13H6Cl2O2/c14-7-1-3-9-11(5-7)17-12-6-8(15)2-4-10(12)13(9)16/h1-6H. The minimum atomic E-state index is -0.0745. The van der Waals surface area contributed by atoms with Crippen molar-refractivity contribution in [2.24, 2.45) is 0 Å². The molecule has 0 aliphatic carbocycles. The molecular weight excluding hydrogens is 259 g/mol. The molecule has 3 aromatic rings. The van der Waals surface area contributed by atoms with Gasteiger partial charge in [0.15, 0.2) is 0 Å². The van der Waals surface area contributed by atoms with Gasteiger partial charge in [-0.25, -0.2) is 0 Å². The Bertz CT molecular complexity index is 727. The molecule has 0 unspecified atom stereocenters. The molecule has 0 radical (unpaired) electrons. The molecule has 0 bridgehead atoms. The highest BCUT2D eigenvalue weighted by Gasteiger charge is 2.08. The van der Waals surface area contributed by atoms with Crippen LogP contribution in [0.2, 0.25) is 10.0 Å². The van der Waals surface area contributed by atoms with Crippen LogP contribution in [0.1, 0.15) is 0 Å². The molecule has 2 nitrogen and oxygen atoms in total. The lowest BCUT2D eigenvalue weighted by Gasteiger charge is -2.01. The molecule has 0 saturated heterocycles. The van der Waals surface area contributed by atoms with Gasteiger partial charge in [0.2, 0.25) is 5.43 Å². The van der Waals surface area contributed by atoms with Crippen LogP contribution >= 0.6 is 23.2 Å². The Labute approximate surface area is 106 Å². The summed E-state index contributed by atoms with van der Waals surface area (Å²) in [6.07, 6.45) is 0. The van der Waals surface area contributed by atoms with E-state index in [9.17, 15) is 4.79 Å². The zero-order valence-corrected chi connectivity index (χ0v) is 10.0. The molecule has 17 heavy (non-hydrogen) atoms. The summed E-state index contributed by atoms with van der Waals surface area (Å²) in [4.78, 5) is 12.2. The molecule has 84 valence electrons. The van der Waals surface area contributed by atoms with E-state index >= 15 is 0 Å². The van der Waals surface area contributed by atoms with Crippen LogP contribution in [-0.4, -0.2) is 0 Å². The Morgan fingerprint density at radius 2 is 1.29 bits per heavy atom. The summed E-state index contributed by atoms with van der Waals surface area (Å²) in [6.45, 7) is 0. The Kier molecular flexibility index (Phi) is 2.35. The molecule has 1 heterocycles. The first-order chi connectivity index (χ1) is 8.15. The summed E-state index contributed by atoms with van der Waals surface area (Å²) in [6, 6.07) is 9.91. The van der Waals surface area contributed by atoms with E-state index in [4.69, 9.17) is 27.6 Å². The van der Waals surface area contributed by atoms with Crippen molar-refractivity contribution in [1.82, 2.24) is 0 Å². The summed E-state index contributed by atoms with van der Waals surface area (Å²) in [5.41, 5.74) is 0.865. The van der Waals surface area contributed by atoms with Crippen molar-refractivity contribution < 1.29 is 4.42 Å². The molecule has 0 amide bonds. The fraction of sp³-hybridized carbons (Fsp3) is 0. The smallest absolute Gasteiger partial charge is 0.200 e.